The summed E-state index contributed by atoms with van der Waals surface area (Å²) in [4.78, 5) is 8.29. The Morgan fingerprint density at radius 3 is 2.68 bits per heavy atom. The van der Waals surface area contributed by atoms with Crippen LogP contribution in [0.4, 0.5) is 5.82 Å². The Morgan fingerprint density at radius 1 is 1.42 bits per heavy atom. The van der Waals surface area contributed by atoms with Gasteiger partial charge in [-0.25, -0.2) is 9.97 Å². The zero-order chi connectivity index (χ0) is 14.5. The number of rotatable bonds is 6. The van der Waals surface area contributed by atoms with Gasteiger partial charge in [0.15, 0.2) is 5.82 Å². The molecule has 1 unspecified atom stereocenters. The first-order valence-electron chi connectivity index (χ1n) is 6.24. The van der Waals surface area contributed by atoms with Gasteiger partial charge >= 0.3 is 0 Å². The summed E-state index contributed by atoms with van der Waals surface area (Å²) >= 11 is 5.90. The molecule has 1 atom stereocenters. The van der Waals surface area contributed by atoms with Crippen LogP contribution < -0.4 is 5.32 Å². The van der Waals surface area contributed by atoms with Gasteiger partial charge in [-0.15, -0.1) is 0 Å². The first-order chi connectivity index (χ1) is 8.80. The van der Waals surface area contributed by atoms with E-state index in [9.17, 15) is 5.11 Å². The van der Waals surface area contributed by atoms with Crippen LogP contribution in [0.25, 0.3) is 0 Å². The Bertz CT molecular complexity index is 407. The van der Waals surface area contributed by atoms with Crippen LogP contribution in [0.5, 0.6) is 0 Å². The number of methoxy groups -OCH3 is 1. The zero-order valence-electron chi connectivity index (χ0n) is 11.9. The lowest BCUT2D eigenvalue weighted by atomic mass is 9.89. The van der Waals surface area contributed by atoms with E-state index in [1.807, 2.05) is 0 Å². The molecule has 1 heterocycles. The third kappa shape index (κ3) is 6.71. The van der Waals surface area contributed by atoms with Crippen molar-refractivity contribution >= 4 is 17.4 Å². The van der Waals surface area contributed by atoms with E-state index in [2.05, 4.69) is 36.1 Å². The molecular formula is C13H22ClN3O2. The lowest BCUT2D eigenvalue weighted by molar-refractivity contribution is 0.132. The van der Waals surface area contributed by atoms with Crippen molar-refractivity contribution in [1.82, 2.24) is 9.97 Å². The van der Waals surface area contributed by atoms with E-state index in [1.54, 1.807) is 13.2 Å². The van der Waals surface area contributed by atoms with E-state index < -0.39 is 6.10 Å². The maximum Gasteiger partial charge on any atom is 0.158 e. The third-order valence-corrected chi connectivity index (χ3v) is 2.58. The lowest BCUT2D eigenvalue weighted by Gasteiger charge is -2.22. The molecule has 0 spiro atoms. The van der Waals surface area contributed by atoms with Crippen molar-refractivity contribution in [1.29, 1.82) is 0 Å². The Labute approximate surface area is 119 Å². The number of halogens is 1. The van der Waals surface area contributed by atoms with Crippen molar-refractivity contribution < 1.29 is 9.84 Å². The smallest absolute Gasteiger partial charge is 0.158 e. The molecule has 0 radical (unpaired) electrons. The SMILES string of the molecule is COCc1nc(Cl)cc(NCC(O)CC(C)(C)C)n1. The van der Waals surface area contributed by atoms with Crippen LogP contribution in [-0.4, -0.2) is 34.8 Å². The number of nitrogens with zero attached hydrogens (tertiary/aromatic N) is 2. The second-order valence-corrected chi connectivity index (χ2v) is 6.11. The number of hydrogen-bond donors (Lipinski definition) is 2. The highest BCUT2D eigenvalue weighted by Crippen LogP contribution is 2.21. The molecule has 0 fully saturated rings. The lowest BCUT2D eigenvalue weighted by Crippen LogP contribution is -2.25. The van der Waals surface area contributed by atoms with Crippen LogP contribution in [0.2, 0.25) is 5.15 Å². The molecule has 6 heteroatoms. The fraction of sp³-hybridized carbons (Fsp3) is 0.692. The summed E-state index contributed by atoms with van der Waals surface area (Å²) in [7, 11) is 1.57. The Hall–Kier alpha value is -0.910. The van der Waals surface area contributed by atoms with Gasteiger partial charge in [-0.05, 0) is 11.8 Å². The number of aliphatic hydroxyl groups is 1. The van der Waals surface area contributed by atoms with Crippen molar-refractivity contribution in [3.05, 3.63) is 17.0 Å². The topological polar surface area (TPSA) is 67.3 Å². The molecule has 2 N–H and O–H groups in total. The zero-order valence-corrected chi connectivity index (χ0v) is 12.7. The molecule has 0 saturated carbocycles. The number of ether oxygens (including phenoxy) is 1. The van der Waals surface area contributed by atoms with E-state index in [-0.39, 0.29) is 5.41 Å². The van der Waals surface area contributed by atoms with Gasteiger partial charge in [0, 0.05) is 19.7 Å². The molecule has 5 nitrogen and oxygen atoms in total. The van der Waals surface area contributed by atoms with Gasteiger partial charge < -0.3 is 15.2 Å². The van der Waals surface area contributed by atoms with Gasteiger partial charge in [0.05, 0.1) is 6.10 Å². The van der Waals surface area contributed by atoms with Crippen LogP contribution in [0.3, 0.4) is 0 Å². The molecule has 0 aliphatic carbocycles. The summed E-state index contributed by atoms with van der Waals surface area (Å²) in [6, 6.07) is 1.63. The maximum atomic E-state index is 9.92. The Morgan fingerprint density at radius 2 is 2.11 bits per heavy atom. The van der Waals surface area contributed by atoms with Gasteiger partial charge in [-0.1, -0.05) is 32.4 Å². The Balaban J connectivity index is 2.57. The van der Waals surface area contributed by atoms with E-state index in [4.69, 9.17) is 16.3 Å². The number of nitrogens with one attached hydrogen (secondary N) is 1. The number of anilines is 1. The normalized spacial score (nSPS) is 13.4. The summed E-state index contributed by atoms with van der Waals surface area (Å²) in [5, 5.41) is 13.3. The highest BCUT2D eigenvalue weighted by molar-refractivity contribution is 6.29. The Kier molecular flexibility index (Phi) is 5.97. The van der Waals surface area contributed by atoms with Crippen LogP contribution in [0.15, 0.2) is 6.07 Å². The van der Waals surface area contributed by atoms with E-state index >= 15 is 0 Å². The highest BCUT2D eigenvalue weighted by Gasteiger charge is 2.16. The predicted molar refractivity (Wildman–Crippen MR) is 76.3 cm³/mol. The van der Waals surface area contributed by atoms with Gasteiger partial charge in [-0.3, -0.25) is 0 Å². The average Bonchev–Trinajstić information content (AvgIpc) is 2.24. The van der Waals surface area contributed by atoms with Crippen LogP contribution in [0, 0.1) is 5.41 Å². The molecule has 0 saturated heterocycles. The third-order valence-electron chi connectivity index (χ3n) is 2.38. The molecule has 108 valence electrons. The molecule has 1 rings (SSSR count). The summed E-state index contributed by atoms with van der Waals surface area (Å²) in [5.41, 5.74) is 0.0889. The van der Waals surface area contributed by atoms with Crippen molar-refractivity contribution in [3.8, 4) is 0 Å². The van der Waals surface area contributed by atoms with Gasteiger partial charge in [0.1, 0.15) is 17.6 Å². The minimum atomic E-state index is -0.431. The minimum absolute atomic E-state index is 0.0889. The number of hydrogen-bond acceptors (Lipinski definition) is 5. The summed E-state index contributed by atoms with van der Waals surface area (Å²) in [5.74, 6) is 1.11. The maximum absolute atomic E-state index is 9.92. The highest BCUT2D eigenvalue weighted by atomic mass is 35.5. The molecule has 0 aromatic carbocycles. The van der Waals surface area contributed by atoms with E-state index in [1.165, 1.54) is 0 Å². The van der Waals surface area contributed by atoms with Gasteiger partial charge in [0.2, 0.25) is 0 Å². The molecule has 0 bridgehead atoms. The molecule has 1 aromatic heterocycles. The largest absolute Gasteiger partial charge is 0.391 e. The van der Waals surface area contributed by atoms with Gasteiger partial charge in [-0.2, -0.15) is 0 Å². The monoisotopic (exact) mass is 287 g/mol. The molecule has 19 heavy (non-hydrogen) atoms. The van der Waals surface area contributed by atoms with Crippen molar-refractivity contribution in [3.63, 3.8) is 0 Å². The second-order valence-electron chi connectivity index (χ2n) is 5.72. The molecule has 0 aliphatic rings. The summed E-state index contributed by atoms with van der Waals surface area (Å²) < 4.78 is 4.97. The standard InChI is InChI=1S/C13H22ClN3O2/c1-13(2,3)6-9(18)7-15-11-5-10(14)16-12(17-11)8-19-4/h5,9,18H,6-8H2,1-4H3,(H,15,16,17). The fourth-order valence-corrected chi connectivity index (χ4v) is 1.95. The van der Waals surface area contributed by atoms with Crippen LogP contribution in [-0.2, 0) is 11.3 Å². The average molecular weight is 288 g/mol. The molecule has 1 aromatic rings. The van der Waals surface area contributed by atoms with E-state index in [0.29, 0.717) is 36.4 Å². The van der Waals surface area contributed by atoms with Crippen molar-refractivity contribution in [2.24, 2.45) is 5.41 Å². The summed E-state index contributed by atoms with van der Waals surface area (Å²) in [6.45, 7) is 7.01. The van der Waals surface area contributed by atoms with Crippen LogP contribution in [0.1, 0.15) is 33.0 Å². The summed E-state index contributed by atoms with van der Waals surface area (Å²) in [6.07, 6.45) is 0.281. The molecule has 0 aliphatic heterocycles. The molecular weight excluding hydrogens is 266 g/mol. The minimum Gasteiger partial charge on any atom is -0.391 e. The fourth-order valence-electron chi connectivity index (χ4n) is 1.75. The van der Waals surface area contributed by atoms with Crippen molar-refractivity contribution in [2.45, 2.75) is 39.9 Å². The number of aliphatic hydroxyl groups excluding tert-OH is 1. The number of aromatic nitrogens is 2. The van der Waals surface area contributed by atoms with Gasteiger partial charge in [0.25, 0.3) is 0 Å². The predicted octanol–water partition coefficient (Wildman–Crippen LogP) is 2.49. The first kappa shape index (κ1) is 16.1. The molecule has 0 amide bonds. The van der Waals surface area contributed by atoms with Crippen LogP contribution >= 0.6 is 11.6 Å². The van der Waals surface area contributed by atoms with E-state index in [0.717, 1.165) is 0 Å². The first-order valence-corrected chi connectivity index (χ1v) is 6.62. The second kappa shape index (κ2) is 7.03. The quantitative estimate of drug-likeness (QED) is 0.787. The van der Waals surface area contributed by atoms with Crippen molar-refractivity contribution in [2.75, 3.05) is 19.0 Å².